The Bertz CT molecular complexity index is 773. The van der Waals surface area contributed by atoms with E-state index in [2.05, 4.69) is 0 Å². The van der Waals surface area contributed by atoms with Gasteiger partial charge in [0.1, 0.15) is 0 Å². The molecular formula is C20H24ClF3N2O. The van der Waals surface area contributed by atoms with Crippen molar-refractivity contribution < 1.29 is 18.3 Å². The zero-order chi connectivity index (χ0) is 20.4. The minimum absolute atomic E-state index is 0.0869. The Morgan fingerprint density at radius 1 is 1.11 bits per heavy atom. The third-order valence-corrected chi connectivity index (χ3v) is 4.71. The van der Waals surface area contributed by atoms with Crippen LogP contribution < -0.4 is 5.73 Å². The van der Waals surface area contributed by atoms with Gasteiger partial charge in [0.25, 0.3) is 0 Å². The summed E-state index contributed by atoms with van der Waals surface area (Å²) in [5.41, 5.74) is 4.73. The van der Waals surface area contributed by atoms with E-state index in [0.29, 0.717) is 6.54 Å². The summed E-state index contributed by atoms with van der Waals surface area (Å²) >= 11 is 5.88. The number of rotatable bonds is 5. The summed E-state index contributed by atoms with van der Waals surface area (Å²) in [5, 5.41) is 10.4. The molecule has 0 aliphatic carbocycles. The maximum Gasteiger partial charge on any atom is 0.418 e. The highest BCUT2D eigenvalue weighted by Crippen LogP contribution is 2.39. The molecular weight excluding hydrogens is 377 g/mol. The Kier molecular flexibility index (Phi) is 6.45. The lowest BCUT2D eigenvalue weighted by Gasteiger charge is -2.37. The number of β-amino-alcohol motifs (C(OH)–C–C–N with tert-alkyl or cyclic N) is 1. The molecule has 3 nitrogen and oxygen atoms in total. The molecule has 2 aromatic carbocycles. The van der Waals surface area contributed by atoms with E-state index in [0.717, 1.165) is 11.6 Å². The SMILES string of the molecule is CC(C)(C)N(Cc1ccccc1)CC(O)c1cc(Cl)c(N)c(C(F)(F)F)c1. The molecule has 0 aliphatic rings. The fourth-order valence-corrected chi connectivity index (χ4v) is 2.99. The van der Waals surface area contributed by atoms with E-state index in [9.17, 15) is 18.3 Å². The zero-order valence-electron chi connectivity index (χ0n) is 15.5. The van der Waals surface area contributed by atoms with E-state index in [1.165, 1.54) is 6.07 Å². The van der Waals surface area contributed by atoms with Gasteiger partial charge in [-0.25, -0.2) is 0 Å². The van der Waals surface area contributed by atoms with Crippen molar-refractivity contribution in [1.29, 1.82) is 0 Å². The molecule has 2 aromatic rings. The minimum atomic E-state index is -4.64. The molecule has 0 heterocycles. The lowest BCUT2D eigenvalue weighted by Crippen LogP contribution is -2.43. The number of aliphatic hydroxyl groups excluding tert-OH is 1. The molecule has 1 atom stereocenters. The van der Waals surface area contributed by atoms with Gasteiger partial charge in [-0.05, 0) is 44.0 Å². The van der Waals surface area contributed by atoms with E-state index >= 15 is 0 Å². The zero-order valence-corrected chi connectivity index (χ0v) is 16.3. The molecule has 0 saturated heterocycles. The minimum Gasteiger partial charge on any atom is -0.397 e. The highest BCUT2D eigenvalue weighted by Gasteiger charge is 2.35. The number of nitrogens with zero attached hydrogens (tertiary/aromatic N) is 1. The predicted molar refractivity (Wildman–Crippen MR) is 102 cm³/mol. The van der Waals surface area contributed by atoms with Crippen molar-refractivity contribution in [2.75, 3.05) is 12.3 Å². The number of hydrogen-bond donors (Lipinski definition) is 2. The third kappa shape index (κ3) is 5.61. The van der Waals surface area contributed by atoms with Gasteiger partial charge in [-0.3, -0.25) is 4.90 Å². The molecule has 7 heteroatoms. The molecule has 0 aromatic heterocycles. The van der Waals surface area contributed by atoms with E-state index in [1.807, 2.05) is 56.0 Å². The molecule has 2 rings (SSSR count). The van der Waals surface area contributed by atoms with E-state index in [-0.39, 0.29) is 22.7 Å². The van der Waals surface area contributed by atoms with Crippen LogP contribution in [0.2, 0.25) is 5.02 Å². The number of benzene rings is 2. The van der Waals surface area contributed by atoms with Gasteiger partial charge in [-0.1, -0.05) is 41.9 Å². The lowest BCUT2D eigenvalue weighted by molar-refractivity contribution is -0.137. The molecule has 0 bridgehead atoms. The lowest BCUT2D eigenvalue weighted by atomic mass is 9.99. The fraction of sp³-hybridized carbons (Fsp3) is 0.400. The van der Waals surface area contributed by atoms with Gasteiger partial charge in [0, 0.05) is 18.6 Å². The van der Waals surface area contributed by atoms with E-state index in [4.69, 9.17) is 17.3 Å². The fourth-order valence-electron chi connectivity index (χ4n) is 2.76. The largest absolute Gasteiger partial charge is 0.418 e. The van der Waals surface area contributed by atoms with Crippen molar-refractivity contribution >= 4 is 17.3 Å². The van der Waals surface area contributed by atoms with Crippen molar-refractivity contribution in [3.63, 3.8) is 0 Å². The van der Waals surface area contributed by atoms with Gasteiger partial charge in [-0.15, -0.1) is 0 Å². The van der Waals surface area contributed by atoms with Crippen LogP contribution in [0, 0.1) is 0 Å². The highest BCUT2D eigenvalue weighted by atomic mass is 35.5. The third-order valence-electron chi connectivity index (χ3n) is 4.40. The van der Waals surface area contributed by atoms with Gasteiger partial charge in [0.2, 0.25) is 0 Å². The van der Waals surface area contributed by atoms with Crippen LogP contribution in [0.3, 0.4) is 0 Å². The summed E-state index contributed by atoms with van der Waals surface area (Å²) < 4.78 is 39.5. The van der Waals surface area contributed by atoms with Crippen LogP contribution in [0.5, 0.6) is 0 Å². The molecule has 27 heavy (non-hydrogen) atoms. The van der Waals surface area contributed by atoms with E-state index in [1.54, 1.807) is 0 Å². The van der Waals surface area contributed by atoms with Crippen LogP contribution in [0.15, 0.2) is 42.5 Å². The van der Waals surface area contributed by atoms with Gasteiger partial charge in [0.05, 0.1) is 22.4 Å². The van der Waals surface area contributed by atoms with Crippen molar-refractivity contribution in [2.45, 2.75) is 45.1 Å². The summed E-state index contributed by atoms with van der Waals surface area (Å²) in [6.07, 6.45) is -5.79. The number of anilines is 1. The van der Waals surface area contributed by atoms with Crippen molar-refractivity contribution in [3.05, 3.63) is 64.2 Å². The first-order valence-electron chi connectivity index (χ1n) is 8.52. The highest BCUT2D eigenvalue weighted by molar-refractivity contribution is 6.33. The molecule has 148 valence electrons. The standard InChI is InChI=1S/C20H24ClF3N2O/c1-19(2,3)26(11-13-7-5-4-6-8-13)12-17(27)14-9-15(20(22,23)24)18(25)16(21)10-14/h4-10,17,27H,11-12,25H2,1-3H3. The Hall–Kier alpha value is -1.76. The van der Waals surface area contributed by atoms with Crippen LogP contribution in [0.1, 0.15) is 43.6 Å². The number of nitrogen functional groups attached to an aromatic ring is 1. The summed E-state index contributed by atoms with van der Waals surface area (Å²) in [4.78, 5) is 2.00. The van der Waals surface area contributed by atoms with E-state index < -0.39 is 23.5 Å². The molecule has 3 N–H and O–H groups in total. The topological polar surface area (TPSA) is 49.5 Å². The molecule has 0 saturated carbocycles. The van der Waals surface area contributed by atoms with Crippen LogP contribution in [-0.4, -0.2) is 22.1 Å². The summed E-state index contributed by atoms with van der Waals surface area (Å²) in [7, 11) is 0. The average Bonchev–Trinajstić information content (AvgIpc) is 2.55. The van der Waals surface area contributed by atoms with Gasteiger partial charge in [0.15, 0.2) is 0 Å². The number of nitrogens with two attached hydrogens (primary N) is 1. The molecule has 0 fully saturated rings. The second-order valence-electron chi connectivity index (χ2n) is 7.51. The molecule has 0 radical (unpaired) electrons. The van der Waals surface area contributed by atoms with Gasteiger partial charge in [-0.2, -0.15) is 13.2 Å². The quantitative estimate of drug-likeness (QED) is 0.672. The first kappa shape index (κ1) is 21.5. The Balaban J connectivity index is 2.30. The maximum absolute atomic E-state index is 13.2. The van der Waals surface area contributed by atoms with Crippen LogP contribution in [0.25, 0.3) is 0 Å². The second kappa shape index (κ2) is 8.09. The number of alkyl halides is 3. The van der Waals surface area contributed by atoms with Crippen molar-refractivity contribution in [3.8, 4) is 0 Å². The van der Waals surface area contributed by atoms with Crippen molar-refractivity contribution in [1.82, 2.24) is 4.90 Å². The predicted octanol–water partition coefficient (Wildman–Crippen LogP) is 5.28. The summed E-state index contributed by atoms with van der Waals surface area (Å²) in [5.74, 6) is 0. The maximum atomic E-state index is 13.2. The first-order valence-corrected chi connectivity index (χ1v) is 8.90. The van der Waals surface area contributed by atoms with Crippen LogP contribution in [-0.2, 0) is 12.7 Å². The van der Waals surface area contributed by atoms with Gasteiger partial charge < -0.3 is 10.8 Å². The number of hydrogen-bond acceptors (Lipinski definition) is 3. The Labute approximate surface area is 162 Å². The molecule has 1 unspecified atom stereocenters. The molecule has 0 spiro atoms. The summed E-state index contributed by atoms with van der Waals surface area (Å²) in [6, 6.07) is 11.8. The molecule has 0 amide bonds. The normalized spacial score (nSPS) is 13.8. The number of aliphatic hydroxyl groups is 1. The molecule has 0 aliphatic heterocycles. The second-order valence-corrected chi connectivity index (χ2v) is 7.92. The average molecular weight is 401 g/mol. The van der Waals surface area contributed by atoms with Crippen LogP contribution in [0.4, 0.5) is 18.9 Å². The monoisotopic (exact) mass is 400 g/mol. The Morgan fingerprint density at radius 3 is 2.22 bits per heavy atom. The summed E-state index contributed by atoms with van der Waals surface area (Å²) in [6.45, 7) is 6.66. The van der Waals surface area contributed by atoms with Crippen molar-refractivity contribution in [2.24, 2.45) is 0 Å². The van der Waals surface area contributed by atoms with Crippen LogP contribution >= 0.6 is 11.6 Å². The number of halogens is 4. The smallest absolute Gasteiger partial charge is 0.397 e. The van der Waals surface area contributed by atoms with Gasteiger partial charge >= 0.3 is 6.18 Å². The first-order chi connectivity index (χ1) is 12.4. The Morgan fingerprint density at radius 2 is 1.70 bits per heavy atom.